The molecule has 3 aromatic rings. The van der Waals surface area contributed by atoms with Crippen molar-refractivity contribution in [2.75, 3.05) is 5.32 Å². The molecule has 1 aliphatic heterocycles. The molecule has 4 rings (SSSR count). The van der Waals surface area contributed by atoms with Crippen molar-refractivity contribution in [1.29, 1.82) is 0 Å². The van der Waals surface area contributed by atoms with Crippen molar-refractivity contribution in [2.45, 2.75) is 34.2 Å². The summed E-state index contributed by atoms with van der Waals surface area (Å²) in [6.45, 7) is 8.05. The highest BCUT2D eigenvalue weighted by molar-refractivity contribution is 6.37. The van der Waals surface area contributed by atoms with Crippen molar-refractivity contribution in [3.8, 4) is 0 Å². The minimum absolute atomic E-state index is 0.115. The van der Waals surface area contributed by atoms with Crippen molar-refractivity contribution in [3.63, 3.8) is 0 Å². The van der Waals surface area contributed by atoms with Gasteiger partial charge in [-0.25, -0.2) is 0 Å². The van der Waals surface area contributed by atoms with Crippen LogP contribution in [0.4, 0.5) is 5.69 Å². The maximum Gasteiger partial charge on any atom is 0.278 e. The number of halogens is 1. The molecule has 2 amide bonds. The Balaban J connectivity index is 1.82. The van der Waals surface area contributed by atoms with Gasteiger partial charge in [0.05, 0.1) is 12.1 Å². The van der Waals surface area contributed by atoms with Gasteiger partial charge in [-0.3, -0.25) is 14.5 Å². The fraction of sp³-hybridized carbons (Fsp3) is 0.185. The van der Waals surface area contributed by atoms with Gasteiger partial charge in [0.25, 0.3) is 11.8 Å². The van der Waals surface area contributed by atoms with E-state index in [-0.39, 0.29) is 18.4 Å². The summed E-state index contributed by atoms with van der Waals surface area (Å²) in [5.74, 6) is -0.680. The number of hydrogen-bond acceptors (Lipinski definition) is 3. The van der Waals surface area contributed by atoms with Gasteiger partial charge in [0.2, 0.25) is 0 Å². The lowest BCUT2D eigenvalue weighted by atomic mass is 9.97. The first-order valence-electron chi connectivity index (χ1n) is 10.5. The van der Waals surface area contributed by atoms with E-state index in [0.29, 0.717) is 16.3 Å². The van der Waals surface area contributed by atoms with Crippen molar-refractivity contribution in [3.05, 3.63) is 105 Å². The molecule has 1 aliphatic rings. The third-order valence-corrected chi connectivity index (χ3v) is 6.13. The van der Waals surface area contributed by atoms with E-state index in [0.717, 1.165) is 39.1 Å². The second kappa shape index (κ2) is 8.64. The fourth-order valence-corrected chi connectivity index (χ4v) is 4.18. The zero-order chi connectivity index (χ0) is 23.0. The average Bonchev–Trinajstić information content (AvgIpc) is 2.97. The predicted molar refractivity (Wildman–Crippen MR) is 129 cm³/mol. The first-order valence-corrected chi connectivity index (χ1v) is 10.9. The average molecular weight is 445 g/mol. The summed E-state index contributed by atoms with van der Waals surface area (Å²) in [5, 5.41) is 3.81. The van der Waals surface area contributed by atoms with E-state index in [1.165, 1.54) is 4.90 Å². The maximum atomic E-state index is 13.6. The van der Waals surface area contributed by atoms with E-state index in [2.05, 4.69) is 5.32 Å². The lowest BCUT2D eigenvalue weighted by molar-refractivity contribution is -0.137. The molecule has 4 nitrogen and oxygen atoms in total. The maximum absolute atomic E-state index is 13.6. The molecule has 0 saturated heterocycles. The van der Waals surface area contributed by atoms with Crippen LogP contribution in [0.15, 0.2) is 66.4 Å². The van der Waals surface area contributed by atoms with Crippen LogP contribution >= 0.6 is 11.6 Å². The summed E-state index contributed by atoms with van der Waals surface area (Å²) in [6, 6.07) is 19.2. The number of hydrogen-bond donors (Lipinski definition) is 1. The number of carbonyl (C=O) groups excluding carboxylic acids is 2. The number of amides is 2. The summed E-state index contributed by atoms with van der Waals surface area (Å²) in [5.41, 5.74) is 7.07. The minimum Gasteiger partial charge on any atom is -0.350 e. The standard InChI is InChI=1S/C27H25ClN2O2/c1-16-10-12-21(19(4)13-16)24-25(29-23-14-17(2)9-11-18(23)3)27(32)30(26(24)31)15-20-7-5-6-8-22(20)28/h5-14,29H,15H2,1-4H3. The molecule has 0 fully saturated rings. The zero-order valence-corrected chi connectivity index (χ0v) is 19.4. The van der Waals surface area contributed by atoms with Crippen LogP contribution in [0, 0.1) is 27.7 Å². The number of anilines is 1. The molecular formula is C27H25ClN2O2. The molecule has 32 heavy (non-hydrogen) atoms. The van der Waals surface area contributed by atoms with Crippen LogP contribution in [0.25, 0.3) is 5.57 Å². The highest BCUT2D eigenvalue weighted by Crippen LogP contribution is 2.34. The smallest absolute Gasteiger partial charge is 0.278 e. The summed E-state index contributed by atoms with van der Waals surface area (Å²) in [6.07, 6.45) is 0. The van der Waals surface area contributed by atoms with Gasteiger partial charge >= 0.3 is 0 Å². The Morgan fingerprint density at radius 2 is 1.50 bits per heavy atom. The first-order chi connectivity index (χ1) is 15.3. The van der Waals surface area contributed by atoms with Gasteiger partial charge in [-0.15, -0.1) is 0 Å². The normalized spacial score (nSPS) is 13.8. The first kappa shape index (κ1) is 21.8. The molecule has 0 aromatic heterocycles. The second-order valence-corrected chi connectivity index (χ2v) is 8.71. The zero-order valence-electron chi connectivity index (χ0n) is 18.6. The van der Waals surface area contributed by atoms with Crippen LogP contribution in [0.3, 0.4) is 0 Å². The molecule has 0 spiro atoms. The molecule has 3 aromatic carbocycles. The Labute approximate surface area is 193 Å². The molecule has 0 radical (unpaired) electrons. The van der Waals surface area contributed by atoms with Crippen LogP contribution in [0.2, 0.25) is 5.02 Å². The molecule has 1 N–H and O–H groups in total. The molecule has 0 unspecified atom stereocenters. The summed E-state index contributed by atoms with van der Waals surface area (Å²) in [4.78, 5) is 28.4. The van der Waals surface area contributed by atoms with Gasteiger partial charge in [-0.1, -0.05) is 65.7 Å². The van der Waals surface area contributed by atoms with E-state index in [1.807, 2.05) is 82.3 Å². The summed E-state index contributed by atoms with van der Waals surface area (Å²) < 4.78 is 0. The number of rotatable bonds is 5. The van der Waals surface area contributed by atoms with Crippen molar-refractivity contribution < 1.29 is 9.59 Å². The lowest BCUT2D eigenvalue weighted by Gasteiger charge is -2.17. The summed E-state index contributed by atoms with van der Waals surface area (Å²) in [7, 11) is 0. The Bertz CT molecular complexity index is 1280. The fourth-order valence-electron chi connectivity index (χ4n) is 3.98. The highest BCUT2D eigenvalue weighted by Gasteiger charge is 2.40. The van der Waals surface area contributed by atoms with Gasteiger partial charge < -0.3 is 5.32 Å². The van der Waals surface area contributed by atoms with Crippen molar-refractivity contribution in [1.82, 2.24) is 4.90 Å². The molecule has 0 aliphatic carbocycles. The number of carbonyl (C=O) groups is 2. The van der Waals surface area contributed by atoms with Gasteiger partial charge in [-0.05, 0) is 67.6 Å². The van der Waals surface area contributed by atoms with Gasteiger partial charge in [-0.2, -0.15) is 0 Å². The molecule has 5 heteroatoms. The van der Waals surface area contributed by atoms with Crippen molar-refractivity contribution >= 4 is 34.7 Å². The number of imide groups is 1. The van der Waals surface area contributed by atoms with Crippen LogP contribution in [0.1, 0.15) is 33.4 Å². The third kappa shape index (κ3) is 4.06. The SMILES string of the molecule is Cc1ccc(C2=C(Nc3cc(C)ccc3C)C(=O)N(Cc3ccccc3Cl)C2=O)c(C)c1. The van der Waals surface area contributed by atoms with E-state index in [9.17, 15) is 9.59 Å². The number of aryl methyl sites for hydroxylation is 4. The second-order valence-electron chi connectivity index (χ2n) is 8.30. The van der Waals surface area contributed by atoms with Gasteiger partial charge in [0, 0.05) is 10.7 Å². The Kier molecular flexibility index (Phi) is 5.90. The Hall–Kier alpha value is -3.37. The van der Waals surface area contributed by atoms with Gasteiger partial charge in [0.15, 0.2) is 0 Å². The topological polar surface area (TPSA) is 49.4 Å². The number of benzene rings is 3. The molecule has 0 atom stereocenters. The molecule has 162 valence electrons. The Morgan fingerprint density at radius 1 is 0.812 bits per heavy atom. The van der Waals surface area contributed by atoms with Crippen LogP contribution < -0.4 is 5.32 Å². The summed E-state index contributed by atoms with van der Waals surface area (Å²) >= 11 is 6.32. The van der Waals surface area contributed by atoms with Crippen LogP contribution in [0.5, 0.6) is 0 Å². The van der Waals surface area contributed by atoms with Crippen LogP contribution in [-0.4, -0.2) is 16.7 Å². The largest absolute Gasteiger partial charge is 0.350 e. The minimum atomic E-state index is -0.356. The molecule has 1 heterocycles. The van der Waals surface area contributed by atoms with E-state index >= 15 is 0 Å². The molecule has 0 bridgehead atoms. The van der Waals surface area contributed by atoms with Crippen LogP contribution in [-0.2, 0) is 16.1 Å². The quantitative estimate of drug-likeness (QED) is 0.493. The number of nitrogens with zero attached hydrogens (tertiary/aromatic N) is 1. The molecular weight excluding hydrogens is 420 g/mol. The Morgan fingerprint density at radius 3 is 2.22 bits per heavy atom. The lowest BCUT2D eigenvalue weighted by Crippen LogP contribution is -2.32. The predicted octanol–water partition coefficient (Wildman–Crippen LogP) is 5.97. The van der Waals surface area contributed by atoms with E-state index in [4.69, 9.17) is 11.6 Å². The van der Waals surface area contributed by atoms with Crippen molar-refractivity contribution in [2.24, 2.45) is 0 Å². The van der Waals surface area contributed by atoms with E-state index < -0.39 is 0 Å². The number of nitrogens with one attached hydrogen (secondary N) is 1. The van der Waals surface area contributed by atoms with Gasteiger partial charge in [0.1, 0.15) is 5.70 Å². The third-order valence-electron chi connectivity index (χ3n) is 5.76. The highest BCUT2D eigenvalue weighted by atomic mass is 35.5. The molecule has 0 saturated carbocycles. The van der Waals surface area contributed by atoms with E-state index in [1.54, 1.807) is 6.07 Å². The monoisotopic (exact) mass is 444 g/mol.